The first kappa shape index (κ1) is 17.7. The number of hydrogen-bond donors (Lipinski definition) is 0. The lowest BCUT2D eigenvalue weighted by Crippen LogP contribution is -2.51. The summed E-state index contributed by atoms with van der Waals surface area (Å²) in [7, 11) is 0. The van der Waals surface area contributed by atoms with Crippen LogP contribution in [0.5, 0.6) is 0 Å². The van der Waals surface area contributed by atoms with E-state index in [1.165, 1.54) is 25.7 Å². The molecule has 0 amide bonds. The number of hydrogen-bond acceptors (Lipinski definition) is 6. The smallest absolute Gasteiger partial charge is 0.169 e. The molecule has 2 fully saturated rings. The fraction of sp³-hybridized carbons (Fsp3) is 0.737. The van der Waals surface area contributed by atoms with E-state index in [2.05, 4.69) is 39.2 Å². The Bertz CT molecular complexity index is 668. The summed E-state index contributed by atoms with van der Waals surface area (Å²) in [5.41, 5.74) is 0. The minimum Gasteiger partial charge on any atom is -0.467 e. The van der Waals surface area contributed by atoms with Gasteiger partial charge in [-0.15, -0.1) is 5.10 Å². The monoisotopic (exact) mass is 358 g/mol. The molecule has 1 aliphatic heterocycles. The van der Waals surface area contributed by atoms with Crippen LogP contribution in [-0.4, -0.2) is 62.2 Å². The van der Waals surface area contributed by atoms with Crippen molar-refractivity contribution in [1.82, 2.24) is 30.0 Å². The summed E-state index contributed by atoms with van der Waals surface area (Å²) in [4.78, 5) is 5.27. The number of piperazine rings is 1. The summed E-state index contributed by atoms with van der Waals surface area (Å²) in [6, 6.07) is 4.93. The molecule has 1 saturated carbocycles. The Balaban J connectivity index is 1.46. The van der Waals surface area contributed by atoms with Crippen molar-refractivity contribution in [2.45, 2.75) is 58.2 Å². The Hall–Kier alpha value is -1.73. The number of furan rings is 1. The van der Waals surface area contributed by atoms with Gasteiger partial charge in [0.25, 0.3) is 0 Å². The average molecular weight is 358 g/mol. The molecule has 7 heteroatoms. The molecule has 142 valence electrons. The fourth-order valence-corrected chi connectivity index (χ4v) is 4.62. The number of aromatic nitrogens is 4. The molecule has 0 spiro atoms. The molecule has 1 aliphatic carbocycles. The van der Waals surface area contributed by atoms with Gasteiger partial charge in [0.05, 0.1) is 12.3 Å². The quantitative estimate of drug-likeness (QED) is 0.791. The molecule has 2 aromatic heterocycles. The zero-order valence-electron chi connectivity index (χ0n) is 15.9. The molecule has 0 N–H and O–H groups in total. The number of rotatable bonds is 6. The summed E-state index contributed by atoms with van der Waals surface area (Å²) in [5, 5.41) is 12.6. The third-order valence-corrected chi connectivity index (χ3v) is 5.92. The fourth-order valence-electron chi connectivity index (χ4n) is 4.62. The highest BCUT2D eigenvalue weighted by atomic mass is 16.3. The van der Waals surface area contributed by atoms with E-state index in [1.54, 1.807) is 6.26 Å². The van der Waals surface area contributed by atoms with Gasteiger partial charge in [-0.05, 0) is 41.3 Å². The van der Waals surface area contributed by atoms with Crippen molar-refractivity contribution in [2.24, 2.45) is 5.92 Å². The van der Waals surface area contributed by atoms with Crippen molar-refractivity contribution in [1.29, 1.82) is 0 Å². The SMILES string of the molecule is CC(C)[C@@H](c1nnnn1Cc1ccco1)N1CCN(C2CCCC2)CC1. The van der Waals surface area contributed by atoms with Gasteiger partial charge in [-0.3, -0.25) is 9.80 Å². The van der Waals surface area contributed by atoms with Crippen LogP contribution < -0.4 is 0 Å². The second-order valence-electron chi connectivity index (χ2n) is 7.97. The average Bonchev–Trinajstić information content (AvgIpc) is 3.39. The van der Waals surface area contributed by atoms with Crippen LogP contribution in [0.25, 0.3) is 0 Å². The zero-order chi connectivity index (χ0) is 17.9. The van der Waals surface area contributed by atoms with E-state index in [0.29, 0.717) is 12.5 Å². The van der Waals surface area contributed by atoms with Gasteiger partial charge in [0.15, 0.2) is 5.82 Å². The van der Waals surface area contributed by atoms with Crippen LogP contribution in [0, 0.1) is 5.92 Å². The molecular formula is C19H30N6O. The first-order valence-corrected chi connectivity index (χ1v) is 9.99. The maximum atomic E-state index is 5.48. The van der Waals surface area contributed by atoms with Crippen LogP contribution in [-0.2, 0) is 6.54 Å². The largest absolute Gasteiger partial charge is 0.467 e. The van der Waals surface area contributed by atoms with Gasteiger partial charge in [0.1, 0.15) is 12.3 Å². The Morgan fingerprint density at radius 2 is 1.92 bits per heavy atom. The van der Waals surface area contributed by atoms with Crippen LogP contribution in [0.2, 0.25) is 0 Å². The van der Waals surface area contributed by atoms with Crippen molar-refractivity contribution in [3.8, 4) is 0 Å². The Morgan fingerprint density at radius 1 is 1.15 bits per heavy atom. The topological polar surface area (TPSA) is 63.2 Å². The molecule has 4 rings (SSSR count). The maximum Gasteiger partial charge on any atom is 0.169 e. The van der Waals surface area contributed by atoms with E-state index in [1.807, 2.05) is 16.8 Å². The number of nitrogens with zero attached hydrogens (tertiary/aromatic N) is 6. The van der Waals surface area contributed by atoms with Gasteiger partial charge >= 0.3 is 0 Å². The van der Waals surface area contributed by atoms with E-state index in [9.17, 15) is 0 Å². The first-order valence-electron chi connectivity index (χ1n) is 9.99. The summed E-state index contributed by atoms with van der Waals surface area (Å²) in [5.74, 6) is 2.28. The van der Waals surface area contributed by atoms with Crippen LogP contribution in [0.4, 0.5) is 0 Å². The molecule has 1 saturated heterocycles. The van der Waals surface area contributed by atoms with E-state index < -0.39 is 0 Å². The Kier molecular flexibility index (Phi) is 5.36. The molecule has 2 aliphatic rings. The summed E-state index contributed by atoms with van der Waals surface area (Å²) >= 11 is 0. The van der Waals surface area contributed by atoms with Crippen LogP contribution in [0.1, 0.15) is 57.2 Å². The lowest BCUT2D eigenvalue weighted by molar-refractivity contribution is 0.0500. The van der Waals surface area contributed by atoms with Crippen molar-refractivity contribution >= 4 is 0 Å². The molecular weight excluding hydrogens is 328 g/mol. The van der Waals surface area contributed by atoms with Gasteiger partial charge < -0.3 is 4.42 Å². The zero-order valence-corrected chi connectivity index (χ0v) is 15.9. The van der Waals surface area contributed by atoms with Gasteiger partial charge in [0, 0.05) is 32.2 Å². The lowest BCUT2D eigenvalue weighted by atomic mass is 10.00. The minimum atomic E-state index is 0.241. The predicted octanol–water partition coefficient (Wildman–Crippen LogP) is 2.57. The van der Waals surface area contributed by atoms with Crippen LogP contribution >= 0.6 is 0 Å². The molecule has 0 aromatic carbocycles. The predicted molar refractivity (Wildman–Crippen MR) is 98.6 cm³/mol. The molecule has 7 nitrogen and oxygen atoms in total. The summed E-state index contributed by atoms with van der Waals surface area (Å²) in [6.07, 6.45) is 7.27. The van der Waals surface area contributed by atoms with Crippen molar-refractivity contribution in [3.05, 3.63) is 30.0 Å². The van der Waals surface area contributed by atoms with Crippen molar-refractivity contribution in [3.63, 3.8) is 0 Å². The van der Waals surface area contributed by atoms with Crippen molar-refractivity contribution < 1.29 is 4.42 Å². The first-order chi connectivity index (χ1) is 12.7. The second kappa shape index (κ2) is 7.88. The number of tetrazole rings is 1. The third-order valence-electron chi connectivity index (χ3n) is 5.92. The molecule has 1 atom stereocenters. The highest BCUT2D eigenvalue weighted by Gasteiger charge is 2.33. The van der Waals surface area contributed by atoms with E-state index in [0.717, 1.165) is 43.8 Å². The van der Waals surface area contributed by atoms with Crippen LogP contribution in [0.15, 0.2) is 22.8 Å². The second-order valence-corrected chi connectivity index (χ2v) is 7.97. The normalized spacial score (nSPS) is 21.7. The van der Waals surface area contributed by atoms with E-state index in [4.69, 9.17) is 4.42 Å². The Morgan fingerprint density at radius 3 is 2.58 bits per heavy atom. The molecule has 26 heavy (non-hydrogen) atoms. The van der Waals surface area contributed by atoms with Crippen molar-refractivity contribution in [2.75, 3.05) is 26.2 Å². The van der Waals surface area contributed by atoms with E-state index in [-0.39, 0.29) is 6.04 Å². The lowest BCUT2D eigenvalue weighted by Gasteiger charge is -2.42. The standard InChI is InChI=1S/C19H30N6O/c1-15(2)18(19-20-21-22-25(19)14-17-8-5-13-26-17)24-11-9-23(10-12-24)16-6-3-4-7-16/h5,8,13,15-16,18H,3-4,6-7,9-12,14H2,1-2H3/t18-/m0/s1. The summed E-state index contributed by atoms with van der Waals surface area (Å²) < 4.78 is 7.38. The van der Waals surface area contributed by atoms with Gasteiger partial charge in [-0.25, -0.2) is 4.68 Å². The maximum absolute atomic E-state index is 5.48. The van der Waals surface area contributed by atoms with Gasteiger partial charge in [-0.2, -0.15) is 0 Å². The molecule has 0 radical (unpaired) electrons. The van der Waals surface area contributed by atoms with Gasteiger partial charge in [0.2, 0.25) is 0 Å². The molecule has 0 unspecified atom stereocenters. The minimum absolute atomic E-state index is 0.241. The highest BCUT2D eigenvalue weighted by molar-refractivity contribution is 5.03. The molecule has 0 bridgehead atoms. The molecule has 3 heterocycles. The van der Waals surface area contributed by atoms with Crippen LogP contribution in [0.3, 0.4) is 0 Å². The van der Waals surface area contributed by atoms with Gasteiger partial charge in [-0.1, -0.05) is 26.7 Å². The highest BCUT2D eigenvalue weighted by Crippen LogP contribution is 2.30. The Labute approximate surface area is 155 Å². The molecule has 2 aromatic rings. The van der Waals surface area contributed by atoms with E-state index >= 15 is 0 Å². The third kappa shape index (κ3) is 3.69. The summed E-state index contributed by atoms with van der Waals surface area (Å²) in [6.45, 7) is 9.61.